The van der Waals surface area contributed by atoms with Crippen LogP contribution in [0.3, 0.4) is 0 Å². The molecule has 1 saturated heterocycles. The summed E-state index contributed by atoms with van der Waals surface area (Å²) in [6.45, 7) is 2.00. The molecule has 0 N–H and O–H groups in total. The smallest absolute Gasteiger partial charge is 0.247 e. The fourth-order valence-electron chi connectivity index (χ4n) is 3.28. The van der Waals surface area contributed by atoms with Crippen molar-refractivity contribution in [3.63, 3.8) is 0 Å². The number of hydrogen-bond acceptors (Lipinski definition) is 4. The number of nitrogens with zero attached hydrogens (tertiary/aromatic N) is 2. The first-order valence-electron chi connectivity index (χ1n) is 9.26. The summed E-state index contributed by atoms with van der Waals surface area (Å²) in [4.78, 5) is 19.3. The highest BCUT2D eigenvalue weighted by Crippen LogP contribution is 2.22. The third-order valence-electron chi connectivity index (χ3n) is 4.65. The Balaban J connectivity index is 1.49. The molecule has 5 heteroatoms. The van der Waals surface area contributed by atoms with Gasteiger partial charge in [-0.25, -0.2) is 4.98 Å². The van der Waals surface area contributed by atoms with E-state index in [1.54, 1.807) is 17.4 Å². The third kappa shape index (κ3) is 4.62. The first-order valence-corrected chi connectivity index (χ1v) is 10.1. The molecule has 1 aromatic heterocycles. The number of thiazole rings is 1. The molecule has 0 bridgehead atoms. The maximum Gasteiger partial charge on any atom is 0.247 e. The SMILES string of the molecule is O=C(/C=C/c1nc2ccccc2s1)N(Cc1ccccc1)CC1CCCO1. The lowest BCUT2D eigenvalue weighted by molar-refractivity contribution is -0.128. The average molecular weight is 378 g/mol. The van der Waals surface area contributed by atoms with Gasteiger partial charge in [0, 0.05) is 25.8 Å². The second-order valence-corrected chi connectivity index (χ2v) is 7.75. The molecule has 1 amide bonds. The first kappa shape index (κ1) is 17.9. The Labute approximate surface area is 163 Å². The highest BCUT2D eigenvalue weighted by Gasteiger charge is 2.21. The van der Waals surface area contributed by atoms with Crippen LogP contribution in [0.2, 0.25) is 0 Å². The van der Waals surface area contributed by atoms with Crippen LogP contribution in [0.4, 0.5) is 0 Å². The molecule has 2 heterocycles. The molecule has 0 saturated carbocycles. The van der Waals surface area contributed by atoms with Crippen LogP contribution in [-0.2, 0) is 16.1 Å². The van der Waals surface area contributed by atoms with E-state index in [1.165, 1.54) is 0 Å². The highest BCUT2D eigenvalue weighted by molar-refractivity contribution is 7.19. The predicted octanol–water partition coefficient (Wildman–Crippen LogP) is 4.52. The Morgan fingerprint density at radius 3 is 2.78 bits per heavy atom. The van der Waals surface area contributed by atoms with Gasteiger partial charge >= 0.3 is 0 Å². The zero-order valence-electron chi connectivity index (χ0n) is 15.1. The number of para-hydroxylation sites is 1. The van der Waals surface area contributed by atoms with Crippen LogP contribution in [-0.4, -0.2) is 35.0 Å². The summed E-state index contributed by atoms with van der Waals surface area (Å²) in [5.41, 5.74) is 2.09. The van der Waals surface area contributed by atoms with Gasteiger partial charge in [-0.15, -0.1) is 11.3 Å². The van der Waals surface area contributed by atoms with Crippen LogP contribution >= 0.6 is 11.3 Å². The fourth-order valence-corrected chi connectivity index (χ4v) is 4.15. The van der Waals surface area contributed by atoms with E-state index in [0.29, 0.717) is 13.1 Å². The fraction of sp³-hybridized carbons (Fsp3) is 0.273. The van der Waals surface area contributed by atoms with E-state index in [1.807, 2.05) is 65.6 Å². The van der Waals surface area contributed by atoms with Crippen LogP contribution in [0.1, 0.15) is 23.4 Å². The van der Waals surface area contributed by atoms with E-state index in [4.69, 9.17) is 4.74 Å². The van der Waals surface area contributed by atoms with Gasteiger partial charge in [-0.1, -0.05) is 42.5 Å². The number of aromatic nitrogens is 1. The first-order chi connectivity index (χ1) is 13.3. The summed E-state index contributed by atoms with van der Waals surface area (Å²) in [6.07, 6.45) is 5.67. The second kappa shape index (κ2) is 8.46. The van der Waals surface area contributed by atoms with Crippen molar-refractivity contribution in [2.24, 2.45) is 0 Å². The Morgan fingerprint density at radius 2 is 2.00 bits per heavy atom. The summed E-state index contributed by atoms with van der Waals surface area (Å²) in [5, 5.41) is 0.848. The zero-order valence-corrected chi connectivity index (χ0v) is 15.9. The minimum absolute atomic E-state index is 0.00592. The van der Waals surface area contributed by atoms with Crippen LogP contribution in [0.25, 0.3) is 16.3 Å². The molecule has 138 valence electrons. The number of hydrogen-bond donors (Lipinski definition) is 0. The number of amides is 1. The average Bonchev–Trinajstić information content (AvgIpc) is 3.35. The highest BCUT2D eigenvalue weighted by atomic mass is 32.1. The van der Waals surface area contributed by atoms with E-state index >= 15 is 0 Å². The Kier molecular flexibility index (Phi) is 5.61. The molecule has 1 atom stereocenters. The molecule has 3 aromatic rings. The van der Waals surface area contributed by atoms with Gasteiger partial charge in [-0.3, -0.25) is 4.79 Å². The Hall–Kier alpha value is -2.50. The van der Waals surface area contributed by atoms with Gasteiger partial charge in [-0.05, 0) is 36.6 Å². The van der Waals surface area contributed by atoms with E-state index in [9.17, 15) is 4.79 Å². The summed E-state index contributed by atoms with van der Waals surface area (Å²) >= 11 is 1.59. The largest absolute Gasteiger partial charge is 0.376 e. The van der Waals surface area contributed by atoms with Crippen molar-refractivity contribution in [2.75, 3.05) is 13.2 Å². The molecule has 1 fully saturated rings. The van der Waals surface area contributed by atoms with Crippen molar-refractivity contribution >= 4 is 33.5 Å². The van der Waals surface area contributed by atoms with E-state index in [2.05, 4.69) is 4.98 Å². The van der Waals surface area contributed by atoms with Gasteiger partial charge in [0.05, 0.1) is 16.3 Å². The van der Waals surface area contributed by atoms with E-state index in [0.717, 1.165) is 40.2 Å². The number of carbonyl (C=O) groups is 1. The molecule has 2 aromatic carbocycles. The van der Waals surface area contributed by atoms with Crippen molar-refractivity contribution in [2.45, 2.75) is 25.5 Å². The minimum Gasteiger partial charge on any atom is -0.376 e. The van der Waals surface area contributed by atoms with Crippen LogP contribution in [0.5, 0.6) is 0 Å². The Bertz CT molecular complexity index is 897. The van der Waals surface area contributed by atoms with Gasteiger partial charge in [0.15, 0.2) is 0 Å². The quantitative estimate of drug-likeness (QED) is 0.593. The molecule has 1 unspecified atom stereocenters. The molecule has 0 spiro atoms. The van der Waals surface area contributed by atoms with Crippen LogP contribution < -0.4 is 0 Å². The van der Waals surface area contributed by atoms with E-state index in [-0.39, 0.29) is 12.0 Å². The standard InChI is InChI=1S/C22H22N2O2S/c25-22(13-12-21-23-19-10-4-5-11-20(19)27-21)24(16-18-9-6-14-26-18)15-17-7-2-1-3-8-17/h1-5,7-8,10-13,18H,6,9,14-16H2/b13-12+. The number of carbonyl (C=O) groups excluding carboxylic acids is 1. The van der Waals surface area contributed by atoms with E-state index < -0.39 is 0 Å². The maximum absolute atomic E-state index is 12.9. The molecule has 0 radical (unpaired) electrons. The van der Waals surface area contributed by atoms with Crippen molar-refractivity contribution in [1.82, 2.24) is 9.88 Å². The molecule has 4 nitrogen and oxygen atoms in total. The summed E-state index contributed by atoms with van der Waals surface area (Å²) in [6, 6.07) is 18.1. The number of benzene rings is 2. The topological polar surface area (TPSA) is 42.4 Å². The molecule has 4 rings (SSSR count). The van der Waals surface area contributed by atoms with Gasteiger partial charge in [0.2, 0.25) is 5.91 Å². The molecular formula is C22H22N2O2S. The maximum atomic E-state index is 12.9. The molecular weight excluding hydrogens is 356 g/mol. The lowest BCUT2D eigenvalue weighted by Crippen LogP contribution is -2.35. The number of rotatable bonds is 6. The zero-order chi connectivity index (χ0) is 18.5. The van der Waals surface area contributed by atoms with Crippen molar-refractivity contribution in [3.05, 3.63) is 71.2 Å². The second-order valence-electron chi connectivity index (χ2n) is 6.69. The van der Waals surface area contributed by atoms with Crippen LogP contribution in [0.15, 0.2) is 60.7 Å². The molecule has 1 aliphatic heterocycles. The predicted molar refractivity (Wildman–Crippen MR) is 109 cm³/mol. The number of fused-ring (bicyclic) bond motifs is 1. The third-order valence-corrected chi connectivity index (χ3v) is 5.66. The van der Waals surface area contributed by atoms with Crippen LogP contribution in [0, 0.1) is 0 Å². The molecule has 1 aliphatic rings. The van der Waals surface area contributed by atoms with Gasteiger partial charge in [-0.2, -0.15) is 0 Å². The normalized spacial score (nSPS) is 17.0. The monoisotopic (exact) mass is 378 g/mol. The summed E-state index contributed by atoms with van der Waals surface area (Å²) in [7, 11) is 0. The minimum atomic E-state index is -0.00592. The molecule has 0 aliphatic carbocycles. The van der Waals surface area contributed by atoms with Gasteiger partial charge < -0.3 is 9.64 Å². The summed E-state index contributed by atoms with van der Waals surface area (Å²) < 4.78 is 6.88. The van der Waals surface area contributed by atoms with Crippen molar-refractivity contribution < 1.29 is 9.53 Å². The van der Waals surface area contributed by atoms with Gasteiger partial charge in [0.25, 0.3) is 0 Å². The summed E-state index contributed by atoms with van der Waals surface area (Å²) in [5.74, 6) is -0.00592. The molecule has 27 heavy (non-hydrogen) atoms. The van der Waals surface area contributed by atoms with Crippen molar-refractivity contribution in [3.8, 4) is 0 Å². The number of ether oxygens (including phenoxy) is 1. The van der Waals surface area contributed by atoms with Gasteiger partial charge in [0.1, 0.15) is 5.01 Å². The Morgan fingerprint density at radius 1 is 1.19 bits per heavy atom. The lowest BCUT2D eigenvalue weighted by atomic mass is 10.2. The van der Waals surface area contributed by atoms with Crippen molar-refractivity contribution in [1.29, 1.82) is 0 Å². The lowest BCUT2D eigenvalue weighted by Gasteiger charge is -2.24.